The number of esters is 1. The molecule has 196 valence electrons. The summed E-state index contributed by atoms with van der Waals surface area (Å²) >= 11 is 12.7. The van der Waals surface area contributed by atoms with Gasteiger partial charge >= 0.3 is 5.97 Å². The molecule has 0 N–H and O–H groups in total. The van der Waals surface area contributed by atoms with Crippen molar-refractivity contribution in [1.29, 1.82) is 0 Å². The van der Waals surface area contributed by atoms with Crippen molar-refractivity contribution in [3.8, 4) is 0 Å². The number of anilines is 1. The fourth-order valence-electron chi connectivity index (χ4n) is 5.76. The molecule has 6 rings (SSSR count). The van der Waals surface area contributed by atoms with Crippen LogP contribution in [0.1, 0.15) is 49.7 Å². The molecule has 2 fully saturated rings. The summed E-state index contributed by atoms with van der Waals surface area (Å²) in [6.45, 7) is 1.87. The highest BCUT2D eigenvalue weighted by molar-refractivity contribution is 6.42. The average Bonchev–Trinajstić information content (AvgIpc) is 3.50. The number of imide groups is 1. The molecule has 1 spiro atoms. The van der Waals surface area contributed by atoms with E-state index >= 15 is 0 Å². The number of ketones is 2. The van der Waals surface area contributed by atoms with Crippen molar-refractivity contribution < 1.29 is 33.4 Å². The van der Waals surface area contributed by atoms with Crippen molar-refractivity contribution in [2.75, 3.05) is 11.5 Å². The van der Waals surface area contributed by atoms with E-state index in [4.69, 9.17) is 32.7 Å². The van der Waals surface area contributed by atoms with Gasteiger partial charge in [-0.15, -0.1) is 0 Å². The summed E-state index contributed by atoms with van der Waals surface area (Å²) < 4.78 is 11.2. The van der Waals surface area contributed by atoms with Gasteiger partial charge in [-0.05, 0) is 37.3 Å². The van der Waals surface area contributed by atoms with Crippen LogP contribution in [0.3, 0.4) is 0 Å². The number of fused-ring (bicyclic) bond motifs is 3. The Balaban J connectivity index is 1.49. The molecule has 0 unspecified atom stereocenters. The highest BCUT2D eigenvalue weighted by Crippen LogP contribution is 2.58. The summed E-state index contributed by atoms with van der Waals surface area (Å²) in [4.78, 5) is 68.7. The zero-order chi connectivity index (χ0) is 27.6. The van der Waals surface area contributed by atoms with Crippen molar-refractivity contribution in [3.63, 3.8) is 0 Å². The molecule has 3 aliphatic rings. The Bertz CT molecular complexity index is 1560. The van der Waals surface area contributed by atoms with Crippen LogP contribution in [0.4, 0.5) is 5.69 Å². The third-order valence-electron chi connectivity index (χ3n) is 7.44. The maximum Gasteiger partial charge on any atom is 0.338 e. The molecule has 1 aliphatic carbocycles. The van der Waals surface area contributed by atoms with Gasteiger partial charge in [-0.25, -0.2) is 9.69 Å². The van der Waals surface area contributed by atoms with Crippen LogP contribution in [0.5, 0.6) is 0 Å². The van der Waals surface area contributed by atoms with Crippen LogP contribution in [-0.4, -0.2) is 41.6 Å². The summed E-state index contributed by atoms with van der Waals surface area (Å²) in [5.74, 6) is -6.02. The van der Waals surface area contributed by atoms with E-state index in [1.807, 2.05) is 0 Å². The molecule has 39 heavy (non-hydrogen) atoms. The Morgan fingerprint density at radius 3 is 2.15 bits per heavy atom. The van der Waals surface area contributed by atoms with Gasteiger partial charge in [0.25, 0.3) is 0 Å². The lowest BCUT2D eigenvalue weighted by atomic mass is 9.77. The van der Waals surface area contributed by atoms with Crippen molar-refractivity contribution >= 4 is 58.2 Å². The molecule has 2 heterocycles. The van der Waals surface area contributed by atoms with Gasteiger partial charge < -0.3 is 9.47 Å². The van der Waals surface area contributed by atoms with E-state index < -0.39 is 52.9 Å². The molecule has 0 bridgehead atoms. The number of carbonyl (C=O) groups is 5. The third kappa shape index (κ3) is 3.45. The fraction of sp³-hybridized carbons (Fsp3) is 0.207. The highest BCUT2D eigenvalue weighted by atomic mass is 35.5. The van der Waals surface area contributed by atoms with E-state index in [0.29, 0.717) is 0 Å². The summed E-state index contributed by atoms with van der Waals surface area (Å²) in [5, 5.41) is 0.277. The molecule has 3 atom stereocenters. The van der Waals surface area contributed by atoms with Crippen LogP contribution in [-0.2, 0) is 19.1 Å². The van der Waals surface area contributed by atoms with Crippen LogP contribution in [0, 0.1) is 11.8 Å². The van der Waals surface area contributed by atoms with Gasteiger partial charge in [0.1, 0.15) is 0 Å². The number of carbonyl (C=O) groups excluding carboxylic acids is 5. The molecule has 3 aromatic carbocycles. The molecular weight excluding hydrogens is 545 g/mol. The molecule has 2 saturated heterocycles. The molecule has 0 radical (unpaired) electrons. The van der Waals surface area contributed by atoms with E-state index in [9.17, 15) is 24.0 Å². The van der Waals surface area contributed by atoms with Crippen LogP contribution in [0.2, 0.25) is 10.0 Å². The van der Waals surface area contributed by atoms with Gasteiger partial charge in [-0.3, -0.25) is 19.2 Å². The van der Waals surface area contributed by atoms with E-state index in [1.165, 1.54) is 36.4 Å². The first-order valence-electron chi connectivity index (χ1n) is 12.2. The summed E-state index contributed by atoms with van der Waals surface area (Å²) in [5.41, 5.74) is -1.30. The number of hydrogen-bond donors (Lipinski definition) is 0. The topological polar surface area (TPSA) is 107 Å². The number of benzene rings is 3. The summed E-state index contributed by atoms with van der Waals surface area (Å²) in [6, 6.07) is 16.7. The van der Waals surface area contributed by atoms with Gasteiger partial charge in [0.15, 0.2) is 0 Å². The number of amides is 2. The van der Waals surface area contributed by atoms with Crippen molar-refractivity contribution in [1.82, 2.24) is 0 Å². The zero-order valence-electron chi connectivity index (χ0n) is 20.4. The maximum atomic E-state index is 14.0. The van der Waals surface area contributed by atoms with Crippen LogP contribution >= 0.6 is 23.2 Å². The standard InChI is InChI=1S/C29H19Cl2NO7/c1-2-38-28(37)14-10-12-15(13-11-14)32-26(35)20-21(27(32)36)29(24(33)16-6-3-4-7-17(16)25(29)34)39-23(20)18-8-5-9-19(30)22(18)31/h3-13,20-21,23H,2H2,1H3/t20-,21+,23-/m1/s1. The highest BCUT2D eigenvalue weighted by Gasteiger charge is 2.75. The minimum Gasteiger partial charge on any atom is -0.462 e. The van der Waals surface area contributed by atoms with E-state index in [-0.39, 0.29) is 44.6 Å². The lowest BCUT2D eigenvalue weighted by molar-refractivity contribution is -0.127. The van der Waals surface area contributed by atoms with Crippen molar-refractivity contribution in [2.24, 2.45) is 11.8 Å². The smallest absolute Gasteiger partial charge is 0.338 e. The maximum absolute atomic E-state index is 14.0. The molecule has 2 aliphatic heterocycles. The third-order valence-corrected chi connectivity index (χ3v) is 8.28. The summed E-state index contributed by atoms with van der Waals surface area (Å²) in [7, 11) is 0. The average molecular weight is 564 g/mol. The monoisotopic (exact) mass is 563 g/mol. The second-order valence-corrected chi connectivity index (χ2v) is 10.2. The molecule has 0 saturated carbocycles. The Hall–Kier alpha value is -3.85. The SMILES string of the molecule is CCOC(=O)c1ccc(N2C(=O)[C@H]3[C@@H](c4cccc(Cl)c4Cl)OC4(C(=O)c5ccccc5C4=O)[C@@H]3C2=O)cc1. The number of Topliss-reactive ketones (excluding diaryl/α,β-unsaturated/α-hetero) is 2. The van der Waals surface area contributed by atoms with E-state index in [2.05, 4.69) is 0 Å². The quantitative estimate of drug-likeness (QED) is 0.253. The second kappa shape index (κ2) is 9.12. The minimum atomic E-state index is -2.24. The number of halogens is 2. The Kier molecular flexibility index (Phi) is 5.95. The first-order chi connectivity index (χ1) is 18.7. The molecule has 10 heteroatoms. The van der Waals surface area contributed by atoms with E-state index in [0.717, 1.165) is 4.90 Å². The molecule has 2 amide bonds. The Morgan fingerprint density at radius 1 is 0.897 bits per heavy atom. The van der Waals surface area contributed by atoms with Crippen molar-refractivity contribution in [3.05, 3.63) is 99.0 Å². The van der Waals surface area contributed by atoms with Gasteiger partial charge in [-0.1, -0.05) is 59.6 Å². The first-order valence-corrected chi connectivity index (χ1v) is 12.9. The molecular formula is C29H19Cl2NO7. The normalized spacial score (nSPS) is 22.9. The van der Waals surface area contributed by atoms with Crippen LogP contribution in [0.15, 0.2) is 66.7 Å². The predicted molar refractivity (Wildman–Crippen MR) is 140 cm³/mol. The van der Waals surface area contributed by atoms with Gasteiger partial charge in [0, 0.05) is 16.7 Å². The number of hydrogen-bond acceptors (Lipinski definition) is 7. The lowest BCUT2D eigenvalue weighted by Gasteiger charge is -2.27. The largest absolute Gasteiger partial charge is 0.462 e. The zero-order valence-corrected chi connectivity index (χ0v) is 21.9. The van der Waals surface area contributed by atoms with Gasteiger partial charge in [0.05, 0.1) is 45.8 Å². The molecule has 0 aromatic heterocycles. The fourth-order valence-corrected chi connectivity index (χ4v) is 6.17. The number of nitrogens with zero attached hydrogens (tertiary/aromatic N) is 1. The lowest BCUT2D eigenvalue weighted by Crippen LogP contribution is -2.51. The van der Waals surface area contributed by atoms with E-state index in [1.54, 1.807) is 37.3 Å². The number of ether oxygens (including phenoxy) is 2. The van der Waals surface area contributed by atoms with Gasteiger partial charge in [0.2, 0.25) is 29.0 Å². The first kappa shape index (κ1) is 25.4. The minimum absolute atomic E-state index is 0.0906. The summed E-state index contributed by atoms with van der Waals surface area (Å²) in [6.07, 6.45) is -1.20. The molecule has 8 nitrogen and oxygen atoms in total. The second-order valence-electron chi connectivity index (χ2n) is 9.40. The Morgan fingerprint density at radius 2 is 1.54 bits per heavy atom. The molecule has 3 aromatic rings. The van der Waals surface area contributed by atoms with Gasteiger partial charge in [-0.2, -0.15) is 0 Å². The van der Waals surface area contributed by atoms with Crippen LogP contribution < -0.4 is 4.90 Å². The Labute approximate surface area is 232 Å². The van der Waals surface area contributed by atoms with Crippen LogP contribution in [0.25, 0.3) is 0 Å². The van der Waals surface area contributed by atoms with Crippen molar-refractivity contribution in [2.45, 2.75) is 18.6 Å². The number of rotatable bonds is 4. The predicted octanol–water partition coefficient (Wildman–Crippen LogP) is 4.87.